The molecule has 0 aliphatic carbocycles. The van der Waals surface area contributed by atoms with E-state index in [9.17, 15) is 30.8 Å². The van der Waals surface area contributed by atoms with E-state index in [0.717, 1.165) is 12.1 Å². The molecule has 30 heavy (non-hydrogen) atoms. The van der Waals surface area contributed by atoms with E-state index in [1.165, 1.54) is 23.1 Å². The molecular formula is C19H19F4N3O3S. The molecule has 0 bridgehead atoms. The van der Waals surface area contributed by atoms with Crippen molar-refractivity contribution in [1.29, 1.82) is 0 Å². The van der Waals surface area contributed by atoms with Gasteiger partial charge in [0.05, 0.1) is 16.0 Å². The van der Waals surface area contributed by atoms with Crippen LogP contribution in [0, 0.1) is 5.82 Å². The number of carbonyl (C=O) groups is 1. The number of piperidine rings is 1. The summed E-state index contributed by atoms with van der Waals surface area (Å²) in [6.45, 7) is 0.475. The number of benzene rings is 2. The van der Waals surface area contributed by atoms with Crippen LogP contribution in [0.2, 0.25) is 0 Å². The quantitative estimate of drug-likeness (QED) is 0.707. The Kier molecular flexibility index (Phi) is 6.04. The van der Waals surface area contributed by atoms with Gasteiger partial charge in [0.2, 0.25) is 10.0 Å². The average molecular weight is 445 g/mol. The number of nitrogens with zero attached hydrogens (tertiary/aromatic N) is 1. The van der Waals surface area contributed by atoms with E-state index in [-0.39, 0.29) is 30.4 Å². The predicted molar refractivity (Wildman–Crippen MR) is 102 cm³/mol. The number of likely N-dealkylation sites (tertiary alicyclic amines) is 1. The molecule has 1 saturated heterocycles. The van der Waals surface area contributed by atoms with Crippen LogP contribution >= 0.6 is 0 Å². The van der Waals surface area contributed by atoms with Crippen LogP contribution in [0.4, 0.5) is 23.2 Å². The Morgan fingerprint density at radius 1 is 1.10 bits per heavy atom. The zero-order chi connectivity index (χ0) is 22.1. The fraction of sp³-hybridized carbons (Fsp3) is 0.316. The Bertz CT molecular complexity index is 1050. The van der Waals surface area contributed by atoms with E-state index in [0.29, 0.717) is 18.9 Å². The van der Waals surface area contributed by atoms with Crippen molar-refractivity contribution in [3.8, 4) is 0 Å². The largest absolute Gasteiger partial charge is 0.418 e. The topological polar surface area (TPSA) is 92.5 Å². The normalized spacial score (nSPS) is 15.8. The Balaban J connectivity index is 1.72. The number of nitrogens with two attached hydrogens (primary N) is 1. The highest BCUT2D eigenvalue weighted by Gasteiger charge is 2.35. The molecule has 1 aliphatic heterocycles. The zero-order valence-electron chi connectivity index (χ0n) is 15.6. The van der Waals surface area contributed by atoms with Crippen molar-refractivity contribution in [3.05, 3.63) is 59.4 Å². The zero-order valence-corrected chi connectivity index (χ0v) is 16.4. The highest BCUT2D eigenvalue weighted by molar-refractivity contribution is 7.89. The second kappa shape index (κ2) is 8.23. The summed E-state index contributed by atoms with van der Waals surface area (Å²) in [7, 11) is -4.28. The van der Waals surface area contributed by atoms with Gasteiger partial charge in [-0.25, -0.2) is 17.9 Å². The fourth-order valence-electron chi connectivity index (χ4n) is 3.31. The average Bonchev–Trinajstić information content (AvgIpc) is 2.67. The highest BCUT2D eigenvalue weighted by atomic mass is 32.2. The van der Waals surface area contributed by atoms with Gasteiger partial charge in [-0.2, -0.15) is 13.2 Å². The van der Waals surface area contributed by atoms with Crippen LogP contribution in [0.3, 0.4) is 0 Å². The minimum Gasteiger partial charge on any atom is -0.382 e. The first-order valence-corrected chi connectivity index (χ1v) is 10.6. The molecular weight excluding hydrogens is 426 g/mol. The molecule has 0 aromatic heterocycles. The maximum absolute atomic E-state index is 13.8. The van der Waals surface area contributed by atoms with Crippen molar-refractivity contribution in [1.82, 2.24) is 4.90 Å². The first-order chi connectivity index (χ1) is 14.0. The Morgan fingerprint density at radius 3 is 2.30 bits per heavy atom. The van der Waals surface area contributed by atoms with Crippen LogP contribution in [-0.4, -0.2) is 38.4 Å². The van der Waals surface area contributed by atoms with Crippen molar-refractivity contribution in [3.63, 3.8) is 0 Å². The van der Waals surface area contributed by atoms with Crippen LogP contribution in [-0.2, 0) is 16.2 Å². The Hall–Kier alpha value is -2.66. The molecule has 1 heterocycles. The minimum atomic E-state index is -4.79. The van der Waals surface area contributed by atoms with Gasteiger partial charge in [0.1, 0.15) is 5.82 Å². The van der Waals surface area contributed by atoms with Gasteiger partial charge in [-0.1, -0.05) is 12.1 Å². The number of primary sulfonamides is 1. The second-order valence-electron chi connectivity index (χ2n) is 6.94. The molecule has 2 aromatic rings. The lowest BCUT2D eigenvalue weighted by Gasteiger charge is -2.33. The van der Waals surface area contributed by atoms with Crippen LogP contribution in [0.1, 0.15) is 28.8 Å². The molecule has 0 spiro atoms. The SMILES string of the molecule is NS(=O)(=O)c1ccc(NC2CCN(C(=O)c3ccccc3F)CC2)c(C(F)(F)F)c1. The summed E-state index contributed by atoms with van der Waals surface area (Å²) in [5, 5.41) is 7.70. The third-order valence-corrected chi connectivity index (χ3v) is 5.78. The number of hydrogen-bond acceptors (Lipinski definition) is 4. The van der Waals surface area contributed by atoms with Gasteiger partial charge in [-0.05, 0) is 43.2 Å². The van der Waals surface area contributed by atoms with E-state index in [1.807, 2.05) is 0 Å². The number of nitrogens with one attached hydrogen (secondary N) is 1. The van der Waals surface area contributed by atoms with Gasteiger partial charge in [0.25, 0.3) is 5.91 Å². The van der Waals surface area contributed by atoms with E-state index in [4.69, 9.17) is 5.14 Å². The van der Waals surface area contributed by atoms with Gasteiger partial charge in [-0.3, -0.25) is 4.79 Å². The summed E-state index contributed by atoms with van der Waals surface area (Å²) in [6.07, 6.45) is -4.10. The van der Waals surface area contributed by atoms with E-state index in [1.54, 1.807) is 6.07 Å². The van der Waals surface area contributed by atoms with Crippen molar-refractivity contribution < 1.29 is 30.8 Å². The third kappa shape index (κ3) is 4.90. The third-order valence-electron chi connectivity index (χ3n) is 4.87. The molecule has 3 N–H and O–H groups in total. The summed E-state index contributed by atoms with van der Waals surface area (Å²) < 4.78 is 76.8. The van der Waals surface area contributed by atoms with E-state index < -0.39 is 38.4 Å². The number of alkyl halides is 3. The van der Waals surface area contributed by atoms with Gasteiger partial charge in [0.15, 0.2) is 0 Å². The number of hydrogen-bond donors (Lipinski definition) is 2. The number of anilines is 1. The lowest BCUT2D eigenvalue weighted by molar-refractivity contribution is -0.137. The molecule has 1 fully saturated rings. The first-order valence-electron chi connectivity index (χ1n) is 9.01. The van der Waals surface area contributed by atoms with Crippen LogP contribution in [0.5, 0.6) is 0 Å². The molecule has 11 heteroatoms. The van der Waals surface area contributed by atoms with Crippen molar-refractivity contribution in [2.45, 2.75) is 30.0 Å². The summed E-state index contributed by atoms with van der Waals surface area (Å²) in [4.78, 5) is 13.3. The summed E-state index contributed by atoms with van der Waals surface area (Å²) in [6, 6.07) is 7.74. The summed E-state index contributed by atoms with van der Waals surface area (Å²) in [5.41, 5.74) is -1.46. The minimum absolute atomic E-state index is 0.0538. The number of carbonyl (C=O) groups excluding carboxylic acids is 1. The van der Waals surface area contributed by atoms with Crippen LogP contribution < -0.4 is 10.5 Å². The van der Waals surface area contributed by atoms with Gasteiger partial charge in [0, 0.05) is 24.8 Å². The maximum atomic E-state index is 13.8. The fourth-order valence-corrected chi connectivity index (χ4v) is 3.85. The standard InChI is InChI=1S/C19H19F4N3O3S/c20-16-4-2-1-3-14(16)18(27)26-9-7-12(8-10-26)25-17-6-5-13(30(24,28)29)11-15(17)19(21,22)23/h1-6,11-12,25H,7-10H2,(H2,24,28,29). The van der Waals surface area contributed by atoms with E-state index >= 15 is 0 Å². The number of sulfonamides is 1. The lowest BCUT2D eigenvalue weighted by Crippen LogP contribution is -2.42. The molecule has 0 saturated carbocycles. The number of rotatable bonds is 4. The van der Waals surface area contributed by atoms with Gasteiger partial charge in [-0.15, -0.1) is 0 Å². The first kappa shape index (κ1) is 22.0. The molecule has 2 aromatic carbocycles. The molecule has 0 radical (unpaired) electrons. The van der Waals surface area contributed by atoms with Crippen molar-refractivity contribution in [2.24, 2.45) is 5.14 Å². The highest BCUT2D eigenvalue weighted by Crippen LogP contribution is 2.37. The van der Waals surface area contributed by atoms with Crippen molar-refractivity contribution >= 4 is 21.6 Å². The summed E-state index contributed by atoms with van der Waals surface area (Å²) >= 11 is 0. The number of amides is 1. The molecule has 3 rings (SSSR count). The smallest absolute Gasteiger partial charge is 0.382 e. The van der Waals surface area contributed by atoms with Crippen LogP contribution in [0.15, 0.2) is 47.4 Å². The van der Waals surface area contributed by atoms with Crippen LogP contribution in [0.25, 0.3) is 0 Å². The van der Waals surface area contributed by atoms with Crippen molar-refractivity contribution in [2.75, 3.05) is 18.4 Å². The van der Waals surface area contributed by atoms with E-state index in [2.05, 4.69) is 5.32 Å². The molecule has 1 amide bonds. The lowest BCUT2D eigenvalue weighted by atomic mass is 10.0. The Labute approximate surface area is 170 Å². The van der Waals surface area contributed by atoms with Gasteiger partial charge >= 0.3 is 6.18 Å². The summed E-state index contributed by atoms with van der Waals surface area (Å²) in [5.74, 6) is -1.10. The second-order valence-corrected chi connectivity index (χ2v) is 8.50. The molecule has 0 unspecified atom stereocenters. The molecule has 6 nitrogen and oxygen atoms in total. The molecule has 162 valence electrons. The predicted octanol–water partition coefficient (Wildman–Crippen LogP) is 3.21. The molecule has 1 aliphatic rings. The maximum Gasteiger partial charge on any atom is 0.418 e. The van der Waals surface area contributed by atoms with Gasteiger partial charge < -0.3 is 10.2 Å². The monoisotopic (exact) mass is 445 g/mol. The molecule has 0 atom stereocenters. The Morgan fingerprint density at radius 2 is 1.73 bits per heavy atom. The number of halogens is 4.